The number of aryl methyl sites for hydroxylation is 2. The van der Waals surface area contributed by atoms with E-state index in [-0.39, 0.29) is 24.0 Å². The van der Waals surface area contributed by atoms with E-state index in [0.717, 1.165) is 63.4 Å². The molecule has 3 rings (SSSR count). The molecule has 29 heavy (non-hydrogen) atoms. The Bertz CT molecular complexity index is 594. The van der Waals surface area contributed by atoms with E-state index in [0.29, 0.717) is 6.04 Å². The molecular weight excluding hydrogens is 479 g/mol. The topological polar surface area (TPSA) is 66.7 Å². The normalized spacial score (nSPS) is 21.2. The number of aromatic nitrogens is 2. The third-order valence-electron chi connectivity index (χ3n) is 5.81. The lowest BCUT2D eigenvalue weighted by atomic mass is 10.0. The van der Waals surface area contributed by atoms with Gasteiger partial charge >= 0.3 is 0 Å². The van der Waals surface area contributed by atoms with Gasteiger partial charge in [-0.25, -0.2) is 4.98 Å². The lowest BCUT2D eigenvalue weighted by Crippen LogP contribution is -2.49. The van der Waals surface area contributed by atoms with Crippen molar-refractivity contribution in [1.29, 1.82) is 0 Å². The van der Waals surface area contributed by atoms with E-state index >= 15 is 0 Å². The van der Waals surface area contributed by atoms with Gasteiger partial charge in [0.05, 0.1) is 6.61 Å². The first-order valence-electron chi connectivity index (χ1n) is 11.1. The molecule has 7 nitrogen and oxygen atoms in total. The van der Waals surface area contributed by atoms with Crippen LogP contribution < -0.4 is 10.6 Å². The summed E-state index contributed by atoms with van der Waals surface area (Å²) >= 11 is 0. The SMILES string of the molecule is CCNC(=NCCCCn1ccnc1C)NC1CCN(CC2CCOC2)CC1.I. The Hall–Kier alpha value is -0.870. The van der Waals surface area contributed by atoms with Crippen molar-refractivity contribution >= 4 is 29.9 Å². The fourth-order valence-electron chi connectivity index (χ4n) is 4.09. The minimum atomic E-state index is 0. The van der Waals surface area contributed by atoms with Gasteiger partial charge in [-0.1, -0.05) is 0 Å². The van der Waals surface area contributed by atoms with Gasteiger partial charge in [-0.3, -0.25) is 4.99 Å². The quantitative estimate of drug-likeness (QED) is 0.228. The largest absolute Gasteiger partial charge is 0.381 e. The van der Waals surface area contributed by atoms with Crippen LogP contribution in [0.4, 0.5) is 0 Å². The Balaban J connectivity index is 0.00000300. The Labute approximate surface area is 193 Å². The van der Waals surface area contributed by atoms with Gasteiger partial charge in [0.15, 0.2) is 5.96 Å². The zero-order valence-electron chi connectivity index (χ0n) is 18.1. The van der Waals surface area contributed by atoms with Gasteiger partial charge < -0.3 is 24.8 Å². The van der Waals surface area contributed by atoms with Crippen molar-refractivity contribution in [3.05, 3.63) is 18.2 Å². The number of rotatable bonds is 9. The summed E-state index contributed by atoms with van der Waals surface area (Å²) in [5.41, 5.74) is 0. The van der Waals surface area contributed by atoms with Crippen molar-refractivity contribution < 1.29 is 4.74 Å². The number of nitrogens with zero attached hydrogens (tertiary/aromatic N) is 4. The van der Waals surface area contributed by atoms with Crippen LogP contribution in [0.15, 0.2) is 17.4 Å². The van der Waals surface area contributed by atoms with Crippen LogP contribution in [-0.4, -0.2) is 72.4 Å². The Morgan fingerprint density at radius 1 is 1.28 bits per heavy atom. The summed E-state index contributed by atoms with van der Waals surface area (Å²) < 4.78 is 7.72. The van der Waals surface area contributed by atoms with E-state index in [2.05, 4.69) is 45.1 Å². The Morgan fingerprint density at radius 2 is 2.10 bits per heavy atom. The Kier molecular flexibility index (Phi) is 11.3. The van der Waals surface area contributed by atoms with E-state index in [4.69, 9.17) is 9.73 Å². The molecule has 2 aliphatic rings. The highest BCUT2D eigenvalue weighted by atomic mass is 127. The summed E-state index contributed by atoms with van der Waals surface area (Å²) in [5, 5.41) is 7.06. The predicted molar refractivity (Wildman–Crippen MR) is 129 cm³/mol. The number of guanidine groups is 1. The minimum Gasteiger partial charge on any atom is -0.381 e. The fourth-order valence-corrected chi connectivity index (χ4v) is 4.09. The van der Waals surface area contributed by atoms with E-state index < -0.39 is 0 Å². The molecule has 166 valence electrons. The first-order valence-corrected chi connectivity index (χ1v) is 11.1. The molecule has 0 saturated carbocycles. The van der Waals surface area contributed by atoms with Crippen molar-refractivity contribution in [2.75, 3.05) is 45.9 Å². The van der Waals surface area contributed by atoms with Crippen molar-refractivity contribution in [3.8, 4) is 0 Å². The number of hydrogen-bond donors (Lipinski definition) is 2. The van der Waals surface area contributed by atoms with Gasteiger partial charge in [-0.15, -0.1) is 24.0 Å². The third-order valence-corrected chi connectivity index (χ3v) is 5.81. The van der Waals surface area contributed by atoms with Gasteiger partial charge in [0.25, 0.3) is 0 Å². The predicted octanol–water partition coefficient (Wildman–Crippen LogP) is 2.65. The molecule has 1 aromatic heterocycles. The number of unbranched alkanes of at least 4 members (excludes halogenated alkanes) is 1. The molecule has 0 radical (unpaired) electrons. The van der Waals surface area contributed by atoms with E-state index in [1.165, 1.54) is 38.9 Å². The maximum atomic E-state index is 5.51. The number of imidazole rings is 1. The summed E-state index contributed by atoms with van der Waals surface area (Å²) in [6.45, 7) is 12.4. The van der Waals surface area contributed by atoms with Crippen molar-refractivity contribution in [3.63, 3.8) is 0 Å². The minimum absolute atomic E-state index is 0. The van der Waals surface area contributed by atoms with Crippen molar-refractivity contribution in [2.45, 2.75) is 58.5 Å². The highest BCUT2D eigenvalue weighted by Gasteiger charge is 2.24. The smallest absolute Gasteiger partial charge is 0.191 e. The summed E-state index contributed by atoms with van der Waals surface area (Å²) in [6, 6.07) is 0.530. The molecule has 8 heteroatoms. The van der Waals surface area contributed by atoms with Crippen LogP contribution in [0.5, 0.6) is 0 Å². The maximum Gasteiger partial charge on any atom is 0.191 e. The van der Waals surface area contributed by atoms with Crippen LogP contribution in [0.25, 0.3) is 0 Å². The zero-order chi connectivity index (χ0) is 19.6. The molecular formula is C21H39IN6O. The standard InChI is InChI=1S/C21H38N6O.HI/c1-3-22-21(24-9-4-5-11-27-14-10-23-18(27)2)25-20-6-12-26(13-7-20)16-19-8-15-28-17-19;/h10,14,19-20H,3-9,11-13,15-17H2,1-2H3,(H2,22,24,25);1H. The molecule has 0 aliphatic carbocycles. The van der Waals surface area contributed by atoms with E-state index in [9.17, 15) is 0 Å². The molecule has 2 aliphatic heterocycles. The second-order valence-corrected chi connectivity index (χ2v) is 8.08. The van der Waals surface area contributed by atoms with Crippen LogP contribution in [0, 0.1) is 12.8 Å². The number of hydrogen-bond acceptors (Lipinski definition) is 4. The highest BCUT2D eigenvalue weighted by molar-refractivity contribution is 14.0. The fraction of sp³-hybridized carbons (Fsp3) is 0.810. The lowest BCUT2D eigenvalue weighted by Gasteiger charge is -2.34. The highest BCUT2D eigenvalue weighted by Crippen LogP contribution is 2.17. The van der Waals surface area contributed by atoms with E-state index in [1.54, 1.807) is 0 Å². The molecule has 1 unspecified atom stereocenters. The molecule has 0 spiro atoms. The number of likely N-dealkylation sites (tertiary alicyclic amines) is 1. The van der Waals surface area contributed by atoms with Crippen LogP contribution in [0.2, 0.25) is 0 Å². The zero-order valence-corrected chi connectivity index (χ0v) is 20.4. The van der Waals surface area contributed by atoms with Gasteiger partial charge in [-0.05, 0) is 51.9 Å². The van der Waals surface area contributed by atoms with E-state index in [1.807, 2.05) is 6.20 Å². The lowest BCUT2D eigenvalue weighted by molar-refractivity contribution is 0.150. The second-order valence-electron chi connectivity index (χ2n) is 8.08. The summed E-state index contributed by atoms with van der Waals surface area (Å²) in [6.07, 6.45) is 9.76. The molecule has 1 aromatic rings. The average molecular weight is 518 g/mol. The molecule has 0 aromatic carbocycles. The van der Waals surface area contributed by atoms with Crippen molar-refractivity contribution in [2.24, 2.45) is 10.9 Å². The second kappa shape index (κ2) is 13.4. The molecule has 2 fully saturated rings. The van der Waals surface area contributed by atoms with Gasteiger partial charge in [0.2, 0.25) is 0 Å². The molecule has 3 heterocycles. The van der Waals surface area contributed by atoms with Crippen LogP contribution >= 0.6 is 24.0 Å². The van der Waals surface area contributed by atoms with Gasteiger partial charge in [0.1, 0.15) is 5.82 Å². The summed E-state index contributed by atoms with van der Waals surface area (Å²) in [4.78, 5) is 11.7. The van der Waals surface area contributed by atoms with Crippen LogP contribution in [0.3, 0.4) is 0 Å². The molecule has 1 atom stereocenters. The van der Waals surface area contributed by atoms with Gasteiger partial charge in [0, 0.05) is 64.3 Å². The molecule has 2 saturated heterocycles. The average Bonchev–Trinajstić information content (AvgIpc) is 3.35. The summed E-state index contributed by atoms with van der Waals surface area (Å²) in [5.74, 6) is 2.81. The first-order chi connectivity index (χ1) is 13.7. The molecule has 0 amide bonds. The molecule has 0 bridgehead atoms. The Morgan fingerprint density at radius 3 is 2.76 bits per heavy atom. The van der Waals surface area contributed by atoms with Crippen LogP contribution in [-0.2, 0) is 11.3 Å². The van der Waals surface area contributed by atoms with Crippen molar-refractivity contribution in [1.82, 2.24) is 25.1 Å². The number of aliphatic imine (C=N–C) groups is 1. The maximum absolute atomic E-state index is 5.51. The third kappa shape index (κ3) is 8.41. The first kappa shape index (κ1) is 24.4. The van der Waals surface area contributed by atoms with Gasteiger partial charge in [-0.2, -0.15) is 0 Å². The number of nitrogens with one attached hydrogen (secondary N) is 2. The van der Waals surface area contributed by atoms with Crippen LogP contribution in [0.1, 0.15) is 44.9 Å². The number of piperidine rings is 1. The monoisotopic (exact) mass is 518 g/mol. The summed E-state index contributed by atoms with van der Waals surface area (Å²) in [7, 11) is 0. The number of ether oxygens (including phenoxy) is 1. The number of halogens is 1. The molecule has 2 N–H and O–H groups in total.